The molecule has 0 aliphatic heterocycles. The summed E-state index contributed by atoms with van der Waals surface area (Å²) in [5, 5.41) is 3.08. The minimum absolute atomic E-state index is 0.00825. The van der Waals surface area contributed by atoms with E-state index >= 15 is 0 Å². The number of rotatable bonds is 6. The van der Waals surface area contributed by atoms with Crippen molar-refractivity contribution in [1.82, 2.24) is 14.9 Å². The van der Waals surface area contributed by atoms with Gasteiger partial charge in [0.25, 0.3) is 0 Å². The number of ether oxygens (including phenoxy) is 1. The first-order valence-electron chi connectivity index (χ1n) is 7.42. The number of benzene rings is 1. The van der Waals surface area contributed by atoms with Gasteiger partial charge < -0.3 is 14.6 Å². The molecule has 0 bridgehead atoms. The fourth-order valence-electron chi connectivity index (χ4n) is 2.43. The number of hydrogen-bond acceptors (Lipinski definition) is 3. The van der Waals surface area contributed by atoms with E-state index in [4.69, 9.17) is 4.74 Å². The molecule has 0 aliphatic carbocycles. The molecule has 1 aromatic heterocycles. The van der Waals surface area contributed by atoms with Gasteiger partial charge in [-0.3, -0.25) is 4.79 Å². The molecule has 2 rings (SSSR count). The van der Waals surface area contributed by atoms with E-state index in [2.05, 4.69) is 10.3 Å². The summed E-state index contributed by atoms with van der Waals surface area (Å²) in [5.41, 5.74) is 0.899. The topological polar surface area (TPSA) is 56.1 Å². The molecule has 5 heteroatoms. The van der Waals surface area contributed by atoms with Crippen LogP contribution in [-0.2, 0) is 11.8 Å². The first kappa shape index (κ1) is 16.1. The zero-order valence-corrected chi connectivity index (χ0v) is 13.5. The number of aromatic nitrogens is 2. The highest BCUT2D eigenvalue weighted by Crippen LogP contribution is 2.29. The Bertz CT molecular complexity index is 634. The Morgan fingerprint density at radius 3 is 2.68 bits per heavy atom. The van der Waals surface area contributed by atoms with Gasteiger partial charge in [-0.05, 0) is 12.0 Å². The van der Waals surface area contributed by atoms with Crippen LogP contribution in [0.15, 0.2) is 36.7 Å². The molecule has 1 amide bonds. The van der Waals surface area contributed by atoms with E-state index in [0.29, 0.717) is 12.3 Å². The molecule has 5 nitrogen and oxygen atoms in total. The number of methoxy groups -OCH3 is 1. The van der Waals surface area contributed by atoms with E-state index in [9.17, 15) is 4.79 Å². The Hall–Kier alpha value is -2.30. The van der Waals surface area contributed by atoms with Crippen molar-refractivity contribution in [3.63, 3.8) is 0 Å². The molecule has 1 atom stereocenters. The van der Waals surface area contributed by atoms with E-state index in [1.807, 2.05) is 55.9 Å². The molecule has 0 aliphatic rings. The molecule has 1 heterocycles. The minimum atomic E-state index is -0.331. The first-order valence-corrected chi connectivity index (χ1v) is 7.42. The molecule has 0 saturated carbocycles. The van der Waals surface area contributed by atoms with Crippen molar-refractivity contribution in [2.24, 2.45) is 13.0 Å². The van der Waals surface area contributed by atoms with Gasteiger partial charge in [0.1, 0.15) is 17.6 Å². The summed E-state index contributed by atoms with van der Waals surface area (Å²) >= 11 is 0. The maximum absolute atomic E-state index is 12.3. The van der Waals surface area contributed by atoms with Crippen LogP contribution in [0.25, 0.3) is 0 Å². The molecule has 0 saturated heterocycles. The van der Waals surface area contributed by atoms with Gasteiger partial charge >= 0.3 is 0 Å². The third-order valence-corrected chi connectivity index (χ3v) is 3.47. The Morgan fingerprint density at radius 2 is 2.09 bits per heavy atom. The van der Waals surface area contributed by atoms with E-state index in [1.165, 1.54) is 0 Å². The Morgan fingerprint density at radius 1 is 1.36 bits per heavy atom. The van der Waals surface area contributed by atoms with Crippen molar-refractivity contribution in [2.75, 3.05) is 7.11 Å². The molecule has 22 heavy (non-hydrogen) atoms. The molecule has 1 N–H and O–H groups in total. The number of carbonyl (C=O) groups excluding carboxylic acids is 1. The molecule has 118 valence electrons. The molecular weight excluding hydrogens is 278 g/mol. The lowest BCUT2D eigenvalue weighted by molar-refractivity contribution is -0.122. The second-order valence-corrected chi connectivity index (χ2v) is 5.74. The highest BCUT2D eigenvalue weighted by Gasteiger charge is 2.23. The first-order chi connectivity index (χ1) is 10.5. The lowest BCUT2D eigenvalue weighted by Crippen LogP contribution is -2.32. The lowest BCUT2D eigenvalue weighted by Gasteiger charge is -2.21. The third-order valence-electron chi connectivity index (χ3n) is 3.47. The Kier molecular flexibility index (Phi) is 5.20. The van der Waals surface area contributed by atoms with Crippen LogP contribution in [0.5, 0.6) is 5.75 Å². The molecular formula is C17H23N3O2. The number of nitrogens with one attached hydrogen (secondary N) is 1. The van der Waals surface area contributed by atoms with Gasteiger partial charge in [-0.1, -0.05) is 32.0 Å². The number of amides is 1. The zero-order chi connectivity index (χ0) is 16.1. The fourth-order valence-corrected chi connectivity index (χ4v) is 2.43. The molecule has 1 aromatic carbocycles. The molecule has 0 fully saturated rings. The second kappa shape index (κ2) is 7.11. The fraction of sp³-hybridized carbons (Fsp3) is 0.412. The normalized spacial score (nSPS) is 12.2. The number of imidazole rings is 1. The van der Waals surface area contributed by atoms with E-state index in [-0.39, 0.29) is 11.9 Å². The summed E-state index contributed by atoms with van der Waals surface area (Å²) in [6.45, 7) is 4.05. The zero-order valence-electron chi connectivity index (χ0n) is 13.5. The van der Waals surface area contributed by atoms with Gasteiger partial charge in [-0.2, -0.15) is 0 Å². The summed E-state index contributed by atoms with van der Waals surface area (Å²) in [4.78, 5) is 16.6. The predicted octanol–water partition coefficient (Wildman–Crippen LogP) is 2.68. The van der Waals surface area contributed by atoms with Crippen molar-refractivity contribution in [2.45, 2.75) is 26.3 Å². The summed E-state index contributed by atoms with van der Waals surface area (Å²) < 4.78 is 7.35. The molecule has 2 aromatic rings. The van der Waals surface area contributed by atoms with Crippen LogP contribution >= 0.6 is 0 Å². The average Bonchev–Trinajstić information content (AvgIpc) is 2.90. The van der Waals surface area contributed by atoms with Crippen LogP contribution < -0.4 is 10.1 Å². The van der Waals surface area contributed by atoms with Gasteiger partial charge in [0.15, 0.2) is 0 Å². The van der Waals surface area contributed by atoms with Crippen molar-refractivity contribution >= 4 is 5.91 Å². The number of nitrogens with zero attached hydrogens (tertiary/aromatic N) is 2. The SMILES string of the molecule is COc1ccccc1C(NC(=O)CC(C)C)c1nccn1C. The number of aryl methyl sites for hydroxylation is 1. The highest BCUT2D eigenvalue weighted by molar-refractivity contribution is 5.77. The van der Waals surface area contributed by atoms with Gasteiger partial charge in [0, 0.05) is 31.4 Å². The van der Waals surface area contributed by atoms with Gasteiger partial charge in [0.05, 0.1) is 7.11 Å². The summed E-state index contributed by atoms with van der Waals surface area (Å²) in [5.74, 6) is 1.83. The van der Waals surface area contributed by atoms with Crippen molar-refractivity contribution in [3.05, 3.63) is 48.0 Å². The number of para-hydroxylation sites is 1. The molecule has 0 spiro atoms. The third kappa shape index (κ3) is 3.67. The number of carbonyl (C=O) groups is 1. The predicted molar refractivity (Wildman–Crippen MR) is 85.6 cm³/mol. The van der Waals surface area contributed by atoms with Crippen LogP contribution in [0.3, 0.4) is 0 Å². The van der Waals surface area contributed by atoms with Gasteiger partial charge in [-0.15, -0.1) is 0 Å². The van der Waals surface area contributed by atoms with Crippen LogP contribution in [0.4, 0.5) is 0 Å². The average molecular weight is 301 g/mol. The monoisotopic (exact) mass is 301 g/mol. The maximum Gasteiger partial charge on any atom is 0.221 e. The maximum atomic E-state index is 12.3. The van der Waals surface area contributed by atoms with E-state index in [0.717, 1.165) is 17.1 Å². The van der Waals surface area contributed by atoms with E-state index < -0.39 is 0 Å². The van der Waals surface area contributed by atoms with Gasteiger partial charge in [-0.25, -0.2) is 4.98 Å². The second-order valence-electron chi connectivity index (χ2n) is 5.74. The van der Waals surface area contributed by atoms with Crippen LogP contribution in [0, 0.1) is 5.92 Å². The van der Waals surface area contributed by atoms with Crippen LogP contribution in [-0.4, -0.2) is 22.6 Å². The van der Waals surface area contributed by atoms with Crippen LogP contribution in [0.2, 0.25) is 0 Å². The Labute approximate surface area is 131 Å². The molecule has 0 radical (unpaired) electrons. The van der Waals surface area contributed by atoms with Crippen molar-refractivity contribution in [3.8, 4) is 5.75 Å². The highest BCUT2D eigenvalue weighted by atomic mass is 16.5. The summed E-state index contributed by atoms with van der Waals surface area (Å²) in [6.07, 6.45) is 4.08. The van der Waals surface area contributed by atoms with Crippen LogP contribution in [0.1, 0.15) is 37.7 Å². The molecule has 1 unspecified atom stereocenters. The standard InChI is InChI=1S/C17H23N3O2/c1-12(2)11-15(21)19-16(17-18-9-10-20(17)3)13-7-5-6-8-14(13)22-4/h5-10,12,16H,11H2,1-4H3,(H,19,21). The van der Waals surface area contributed by atoms with Gasteiger partial charge in [0.2, 0.25) is 5.91 Å². The minimum Gasteiger partial charge on any atom is -0.496 e. The summed E-state index contributed by atoms with van der Waals surface area (Å²) in [7, 11) is 3.55. The quantitative estimate of drug-likeness (QED) is 0.892. The van der Waals surface area contributed by atoms with Crippen molar-refractivity contribution in [1.29, 1.82) is 0 Å². The Balaban J connectivity index is 2.38. The summed E-state index contributed by atoms with van der Waals surface area (Å²) in [6, 6.07) is 7.35. The van der Waals surface area contributed by atoms with Crippen molar-refractivity contribution < 1.29 is 9.53 Å². The lowest BCUT2D eigenvalue weighted by atomic mass is 10.0. The van der Waals surface area contributed by atoms with E-state index in [1.54, 1.807) is 13.3 Å². The number of hydrogen-bond donors (Lipinski definition) is 1. The smallest absolute Gasteiger partial charge is 0.221 e. The largest absolute Gasteiger partial charge is 0.496 e.